The van der Waals surface area contributed by atoms with Crippen molar-refractivity contribution < 1.29 is 13.2 Å². The van der Waals surface area contributed by atoms with Crippen LogP contribution in [-0.4, -0.2) is 62.5 Å². The van der Waals surface area contributed by atoms with Crippen molar-refractivity contribution in [2.75, 3.05) is 32.9 Å². The first kappa shape index (κ1) is 21.1. The number of rotatable bonds is 10. The predicted octanol–water partition coefficient (Wildman–Crippen LogP) is 1.92. The Morgan fingerprint density at radius 1 is 1.33 bits per heavy atom. The Balaban J connectivity index is 2.33. The summed E-state index contributed by atoms with van der Waals surface area (Å²) < 4.78 is 24.8. The fourth-order valence-electron chi connectivity index (χ4n) is 2.44. The average molecular weight is 376 g/mol. The van der Waals surface area contributed by atoms with Crippen molar-refractivity contribution in [1.82, 2.24) is 14.5 Å². The minimum Gasteiger partial charge on any atom is -0.355 e. The standard InChI is InChI=1S/C16H29N3O3S2/c1-13(2)19(24(5,21)22)10-7-9-17-16(20)12-18(4)14(3)15-8-6-11-23-15/h6,8,11,13-14H,7,9-10,12H2,1-5H3,(H,17,20). The van der Waals surface area contributed by atoms with E-state index >= 15 is 0 Å². The maximum Gasteiger partial charge on any atom is 0.234 e. The summed E-state index contributed by atoms with van der Waals surface area (Å²) in [5.41, 5.74) is 0. The van der Waals surface area contributed by atoms with E-state index in [4.69, 9.17) is 0 Å². The number of hydrogen-bond donors (Lipinski definition) is 1. The fraction of sp³-hybridized carbons (Fsp3) is 0.688. The molecule has 1 heterocycles. The van der Waals surface area contributed by atoms with Crippen LogP contribution in [0.15, 0.2) is 17.5 Å². The number of nitrogens with one attached hydrogen (secondary N) is 1. The van der Waals surface area contributed by atoms with E-state index in [-0.39, 0.29) is 18.0 Å². The van der Waals surface area contributed by atoms with Crippen LogP contribution in [0.25, 0.3) is 0 Å². The van der Waals surface area contributed by atoms with Crippen molar-refractivity contribution in [3.63, 3.8) is 0 Å². The first-order chi connectivity index (χ1) is 11.1. The summed E-state index contributed by atoms with van der Waals surface area (Å²) in [5, 5.41) is 4.89. The number of sulfonamides is 1. The molecule has 1 atom stereocenters. The van der Waals surface area contributed by atoms with Gasteiger partial charge in [-0.1, -0.05) is 6.07 Å². The number of carbonyl (C=O) groups is 1. The number of nitrogens with zero attached hydrogens (tertiary/aromatic N) is 2. The van der Waals surface area contributed by atoms with Crippen molar-refractivity contribution in [3.8, 4) is 0 Å². The van der Waals surface area contributed by atoms with Gasteiger partial charge in [0.1, 0.15) is 0 Å². The van der Waals surface area contributed by atoms with Crippen LogP contribution < -0.4 is 5.32 Å². The summed E-state index contributed by atoms with van der Waals surface area (Å²) in [6.45, 7) is 6.98. The molecule has 8 heteroatoms. The fourth-order valence-corrected chi connectivity index (χ4v) is 4.51. The van der Waals surface area contributed by atoms with Crippen molar-refractivity contribution in [3.05, 3.63) is 22.4 Å². The Labute approximate surface area is 149 Å². The summed E-state index contributed by atoms with van der Waals surface area (Å²) in [6, 6.07) is 4.19. The molecular weight excluding hydrogens is 346 g/mol. The molecule has 0 saturated heterocycles. The third-order valence-corrected chi connectivity index (χ3v) is 6.39. The van der Waals surface area contributed by atoms with Crippen LogP contribution >= 0.6 is 11.3 Å². The average Bonchev–Trinajstić information content (AvgIpc) is 2.98. The molecule has 0 saturated carbocycles. The maximum absolute atomic E-state index is 12.0. The first-order valence-corrected chi connectivity index (χ1v) is 10.8. The van der Waals surface area contributed by atoms with Gasteiger partial charge in [-0.2, -0.15) is 4.31 Å². The van der Waals surface area contributed by atoms with Crippen LogP contribution in [-0.2, 0) is 14.8 Å². The number of likely N-dealkylation sites (N-methyl/N-ethyl adjacent to an activating group) is 1. The van der Waals surface area contributed by atoms with Gasteiger partial charge < -0.3 is 5.32 Å². The summed E-state index contributed by atoms with van der Waals surface area (Å²) >= 11 is 1.68. The van der Waals surface area contributed by atoms with E-state index in [9.17, 15) is 13.2 Å². The zero-order chi connectivity index (χ0) is 18.3. The quantitative estimate of drug-likeness (QED) is 0.634. The lowest BCUT2D eigenvalue weighted by atomic mass is 10.2. The smallest absolute Gasteiger partial charge is 0.234 e. The monoisotopic (exact) mass is 375 g/mol. The highest BCUT2D eigenvalue weighted by Crippen LogP contribution is 2.22. The summed E-state index contributed by atoms with van der Waals surface area (Å²) in [6.07, 6.45) is 1.81. The van der Waals surface area contributed by atoms with E-state index in [1.807, 2.05) is 37.2 Å². The Morgan fingerprint density at radius 2 is 2.00 bits per heavy atom. The van der Waals surface area contributed by atoms with E-state index in [0.29, 0.717) is 26.1 Å². The van der Waals surface area contributed by atoms with Gasteiger partial charge in [0.2, 0.25) is 15.9 Å². The molecule has 1 rings (SSSR count). The van der Waals surface area contributed by atoms with Crippen LogP contribution in [0.4, 0.5) is 0 Å². The molecule has 1 unspecified atom stereocenters. The zero-order valence-electron chi connectivity index (χ0n) is 15.2. The van der Waals surface area contributed by atoms with Crippen LogP contribution in [0.3, 0.4) is 0 Å². The minimum absolute atomic E-state index is 0.0450. The minimum atomic E-state index is -3.21. The number of thiophene rings is 1. The second-order valence-electron chi connectivity index (χ2n) is 6.28. The number of hydrogen-bond acceptors (Lipinski definition) is 5. The topological polar surface area (TPSA) is 69.7 Å². The maximum atomic E-state index is 12.0. The van der Waals surface area contributed by atoms with E-state index in [1.54, 1.807) is 11.3 Å². The largest absolute Gasteiger partial charge is 0.355 e. The highest BCUT2D eigenvalue weighted by Gasteiger charge is 2.19. The van der Waals surface area contributed by atoms with Gasteiger partial charge in [-0.05, 0) is 45.7 Å². The molecule has 0 fully saturated rings. The Kier molecular flexibility index (Phi) is 8.35. The molecule has 1 aromatic rings. The van der Waals surface area contributed by atoms with Gasteiger partial charge in [0.15, 0.2) is 0 Å². The molecule has 1 aromatic heterocycles. The Morgan fingerprint density at radius 3 is 2.50 bits per heavy atom. The third kappa shape index (κ3) is 6.88. The second kappa shape index (κ2) is 9.50. The highest BCUT2D eigenvalue weighted by molar-refractivity contribution is 7.88. The predicted molar refractivity (Wildman–Crippen MR) is 99.7 cm³/mol. The Hall–Kier alpha value is -0.960. The molecule has 138 valence electrons. The van der Waals surface area contributed by atoms with E-state index in [1.165, 1.54) is 15.4 Å². The zero-order valence-corrected chi connectivity index (χ0v) is 16.8. The Bertz CT molecular complexity index is 600. The normalized spacial score (nSPS) is 13.7. The summed E-state index contributed by atoms with van der Waals surface area (Å²) in [4.78, 5) is 15.2. The van der Waals surface area contributed by atoms with Gasteiger partial charge in [0, 0.05) is 30.1 Å². The molecule has 24 heavy (non-hydrogen) atoms. The van der Waals surface area contributed by atoms with Crippen LogP contribution in [0.1, 0.15) is 38.1 Å². The van der Waals surface area contributed by atoms with Crippen molar-refractivity contribution >= 4 is 27.3 Å². The van der Waals surface area contributed by atoms with Gasteiger partial charge in [-0.15, -0.1) is 11.3 Å². The van der Waals surface area contributed by atoms with E-state index in [2.05, 4.69) is 18.3 Å². The molecule has 0 aromatic carbocycles. The third-order valence-electron chi connectivity index (χ3n) is 3.89. The lowest BCUT2D eigenvalue weighted by Gasteiger charge is -2.24. The molecule has 0 radical (unpaired) electrons. The summed E-state index contributed by atoms with van der Waals surface area (Å²) in [5.74, 6) is -0.0450. The lowest BCUT2D eigenvalue weighted by Crippen LogP contribution is -2.40. The van der Waals surface area contributed by atoms with Gasteiger partial charge in [0.25, 0.3) is 0 Å². The van der Waals surface area contributed by atoms with E-state index < -0.39 is 10.0 Å². The molecule has 0 bridgehead atoms. The molecule has 0 aliphatic rings. The molecule has 1 N–H and O–H groups in total. The van der Waals surface area contributed by atoms with Crippen molar-refractivity contribution in [1.29, 1.82) is 0 Å². The van der Waals surface area contributed by atoms with Crippen LogP contribution in [0.5, 0.6) is 0 Å². The molecular formula is C16H29N3O3S2. The SMILES string of the molecule is CC(c1cccs1)N(C)CC(=O)NCCCN(C(C)C)S(C)(=O)=O. The molecule has 6 nitrogen and oxygen atoms in total. The van der Waals surface area contributed by atoms with Crippen LogP contribution in [0.2, 0.25) is 0 Å². The molecule has 0 spiro atoms. The molecule has 0 aliphatic heterocycles. The number of amides is 1. The van der Waals surface area contributed by atoms with Gasteiger partial charge in [-0.3, -0.25) is 9.69 Å². The van der Waals surface area contributed by atoms with Crippen molar-refractivity contribution in [2.24, 2.45) is 0 Å². The lowest BCUT2D eigenvalue weighted by molar-refractivity contribution is -0.122. The first-order valence-electron chi connectivity index (χ1n) is 8.10. The van der Waals surface area contributed by atoms with Gasteiger partial charge >= 0.3 is 0 Å². The molecule has 1 amide bonds. The second-order valence-corrected chi connectivity index (χ2v) is 9.19. The van der Waals surface area contributed by atoms with E-state index in [0.717, 1.165) is 0 Å². The number of carbonyl (C=O) groups excluding carboxylic acids is 1. The molecule has 0 aliphatic carbocycles. The summed E-state index contributed by atoms with van der Waals surface area (Å²) in [7, 11) is -1.28. The highest BCUT2D eigenvalue weighted by atomic mass is 32.2. The van der Waals surface area contributed by atoms with Gasteiger partial charge in [-0.25, -0.2) is 8.42 Å². The van der Waals surface area contributed by atoms with Crippen LogP contribution in [0, 0.1) is 0 Å². The van der Waals surface area contributed by atoms with Crippen molar-refractivity contribution in [2.45, 2.75) is 39.3 Å². The van der Waals surface area contributed by atoms with Gasteiger partial charge in [0.05, 0.1) is 12.8 Å².